The number of aliphatic hydroxyl groups excluding tert-OH is 1. The maximum Gasteiger partial charge on any atom is 0.109 e. The van der Waals surface area contributed by atoms with Gasteiger partial charge in [-0.3, -0.25) is 0 Å². The molecule has 0 fully saturated rings. The van der Waals surface area contributed by atoms with Gasteiger partial charge in [0.1, 0.15) is 5.76 Å². The summed E-state index contributed by atoms with van der Waals surface area (Å²) in [4.78, 5) is 0. The SMILES string of the molecule is C=C(CC)CC(O)c1ccoc1CC. The molecule has 0 aromatic carbocycles. The molecule has 0 spiro atoms. The normalized spacial score (nSPS) is 12.8. The number of furan rings is 1. The van der Waals surface area contributed by atoms with Crippen LogP contribution in [-0.2, 0) is 6.42 Å². The molecule has 1 aromatic heterocycles. The summed E-state index contributed by atoms with van der Waals surface area (Å²) >= 11 is 0. The van der Waals surface area contributed by atoms with Gasteiger partial charge in [0.2, 0.25) is 0 Å². The van der Waals surface area contributed by atoms with Gasteiger partial charge in [-0.1, -0.05) is 26.0 Å². The van der Waals surface area contributed by atoms with Gasteiger partial charge in [-0.2, -0.15) is 0 Å². The van der Waals surface area contributed by atoms with E-state index in [1.54, 1.807) is 6.26 Å². The molecule has 0 bridgehead atoms. The van der Waals surface area contributed by atoms with Gasteiger partial charge in [0.25, 0.3) is 0 Å². The van der Waals surface area contributed by atoms with Crippen LogP contribution in [0.5, 0.6) is 0 Å². The summed E-state index contributed by atoms with van der Waals surface area (Å²) in [6, 6.07) is 1.84. The molecule has 14 heavy (non-hydrogen) atoms. The summed E-state index contributed by atoms with van der Waals surface area (Å²) in [5.41, 5.74) is 1.97. The fourth-order valence-electron chi connectivity index (χ4n) is 1.46. The van der Waals surface area contributed by atoms with Gasteiger partial charge in [-0.25, -0.2) is 0 Å². The minimum Gasteiger partial charge on any atom is -0.469 e. The Labute approximate surface area is 85.2 Å². The van der Waals surface area contributed by atoms with Crippen molar-refractivity contribution < 1.29 is 9.52 Å². The Bertz CT molecular complexity index is 299. The minimum absolute atomic E-state index is 0.462. The molecule has 1 aromatic rings. The predicted octanol–water partition coefficient (Wildman–Crippen LogP) is 3.23. The second kappa shape index (κ2) is 5.01. The number of rotatable bonds is 5. The standard InChI is InChI=1S/C12H18O2/c1-4-9(3)8-11(13)10-6-7-14-12(10)5-2/h6-7,11,13H,3-5,8H2,1-2H3. The Hall–Kier alpha value is -1.02. The molecule has 2 heteroatoms. The zero-order valence-electron chi connectivity index (χ0n) is 8.92. The first kappa shape index (κ1) is 11.1. The van der Waals surface area contributed by atoms with E-state index in [2.05, 4.69) is 6.58 Å². The highest BCUT2D eigenvalue weighted by atomic mass is 16.3. The van der Waals surface area contributed by atoms with Crippen LogP contribution in [0.4, 0.5) is 0 Å². The van der Waals surface area contributed by atoms with Crippen LogP contribution < -0.4 is 0 Å². The van der Waals surface area contributed by atoms with Crippen LogP contribution in [0.2, 0.25) is 0 Å². The van der Waals surface area contributed by atoms with Crippen molar-refractivity contribution in [2.45, 2.75) is 39.2 Å². The molecule has 0 saturated heterocycles. The highest BCUT2D eigenvalue weighted by molar-refractivity contribution is 5.21. The first-order chi connectivity index (χ1) is 6.69. The molecule has 1 unspecified atom stereocenters. The average Bonchev–Trinajstić information content (AvgIpc) is 2.65. The maximum absolute atomic E-state index is 9.90. The van der Waals surface area contributed by atoms with Gasteiger partial charge in [-0.05, 0) is 18.9 Å². The van der Waals surface area contributed by atoms with Crippen LogP contribution in [0.25, 0.3) is 0 Å². The van der Waals surface area contributed by atoms with Crippen molar-refractivity contribution in [3.05, 3.63) is 35.8 Å². The van der Waals surface area contributed by atoms with Gasteiger partial charge < -0.3 is 9.52 Å². The van der Waals surface area contributed by atoms with E-state index in [9.17, 15) is 5.11 Å². The van der Waals surface area contributed by atoms with Crippen LogP contribution in [0.1, 0.15) is 44.1 Å². The summed E-state index contributed by atoms with van der Waals surface area (Å²) in [5, 5.41) is 9.90. The predicted molar refractivity (Wildman–Crippen MR) is 57.1 cm³/mol. The summed E-state index contributed by atoms with van der Waals surface area (Å²) in [6.07, 6.45) is 3.53. The fraction of sp³-hybridized carbons (Fsp3) is 0.500. The lowest BCUT2D eigenvalue weighted by Crippen LogP contribution is -2.00. The molecular weight excluding hydrogens is 176 g/mol. The van der Waals surface area contributed by atoms with Crippen LogP contribution in [0.15, 0.2) is 28.9 Å². The fourth-order valence-corrected chi connectivity index (χ4v) is 1.46. The smallest absolute Gasteiger partial charge is 0.109 e. The topological polar surface area (TPSA) is 33.4 Å². The average molecular weight is 194 g/mol. The summed E-state index contributed by atoms with van der Waals surface area (Å²) in [7, 11) is 0. The third-order valence-corrected chi connectivity index (χ3v) is 2.44. The van der Waals surface area contributed by atoms with E-state index < -0.39 is 6.10 Å². The van der Waals surface area contributed by atoms with Gasteiger partial charge in [0, 0.05) is 12.0 Å². The molecule has 0 aliphatic heterocycles. The second-order valence-corrected chi connectivity index (χ2v) is 3.48. The number of aliphatic hydroxyl groups is 1. The lowest BCUT2D eigenvalue weighted by atomic mass is 10.0. The van der Waals surface area contributed by atoms with Crippen molar-refractivity contribution in [3.8, 4) is 0 Å². The summed E-state index contributed by atoms with van der Waals surface area (Å²) in [6.45, 7) is 7.95. The molecule has 78 valence electrons. The van der Waals surface area contributed by atoms with E-state index in [1.165, 1.54) is 0 Å². The van der Waals surface area contributed by atoms with Crippen molar-refractivity contribution >= 4 is 0 Å². The molecule has 1 rings (SSSR count). The number of aryl methyl sites for hydroxylation is 1. The minimum atomic E-state index is -0.462. The van der Waals surface area contributed by atoms with Crippen molar-refractivity contribution in [2.75, 3.05) is 0 Å². The van der Waals surface area contributed by atoms with Crippen molar-refractivity contribution in [1.82, 2.24) is 0 Å². The largest absolute Gasteiger partial charge is 0.469 e. The molecule has 0 amide bonds. The highest BCUT2D eigenvalue weighted by Gasteiger charge is 2.14. The van der Waals surface area contributed by atoms with E-state index in [1.807, 2.05) is 19.9 Å². The molecule has 1 atom stereocenters. The van der Waals surface area contributed by atoms with Crippen LogP contribution in [0.3, 0.4) is 0 Å². The van der Waals surface area contributed by atoms with E-state index in [-0.39, 0.29) is 0 Å². The van der Waals surface area contributed by atoms with Crippen molar-refractivity contribution in [2.24, 2.45) is 0 Å². The molecular formula is C12H18O2. The van der Waals surface area contributed by atoms with Crippen LogP contribution in [0, 0.1) is 0 Å². The maximum atomic E-state index is 9.90. The van der Waals surface area contributed by atoms with Crippen LogP contribution in [-0.4, -0.2) is 5.11 Å². The quantitative estimate of drug-likeness (QED) is 0.730. The van der Waals surface area contributed by atoms with E-state index >= 15 is 0 Å². The van der Waals surface area contributed by atoms with Gasteiger partial charge >= 0.3 is 0 Å². The van der Waals surface area contributed by atoms with E-state index in [4.69, 9.17) is 4.42 Å². The zero-order chi connectivity index (χ0) is 10.6. The summed E-state index contributed by atoms with van der Waals surface area (Å²) < 4.78 is 5.26. The number of hydrogen-bond acceptors (Lipinski definition) is 2. The summed E-state index contributed by atoms with van der Waals surface area (Å²) in [5.74, 6) is 0.876. The van der Waals surface area contributed by atoms with Gasteiger partial charge in [-0.15, -0.1) is 0 Å². The molecule has 1 N–H and O–H groups in total. The first-order valence-electron chi connectivity index (χ1n) is 5.10. The Kier molecular flexibility index (Phi) is 3.96. The molecule has 0 radical (unpaired) electrons. The monoisotopic (exact) mass is 194 g/mol. The Morgan fingerprint density at radius 2 is 2.29 bits per heavy atom. The van der Waals surface area contributed by atoms with E-state index in [0.29, 0.717) is 6.42 Å². The lowest BCUT2D eigenvalue weighted by molar-refractivity contribution is 0.175. The Balaban J connectivity index is 2.68. The van der Waals surface area contributed by atoms with Crippen molar-refractivity contribution in [1.29, 1.82) is 0 Å². The second-order valence-electron chi connectivity index (χ2n) is 3.48. The van der Waals surface area contributed by atoms with Gasteiger partial charge in [0.15, 0.2) is 0 Å². The van der Waals surface area contributed by atoms with Crippen LogP contribution >= 0.6 is 0 Å². The third kappa shape index (κ3) is 2.48. The molecule has 2 nitrogen and oxygen atoms in total. The highest BCUT2D eigenvalue weighted by Crippen LogP contribution is 2.25. The molecule has 0 aliphatic rings. The van der Waals surface area contributed by atoms with Gasteiger partial charge in [0.05, 0.1) is 12.4 Å². The number of hydrogen-bond donors (Lipinski definition) is 1. The Morgan fingerprint density at radius 3 is 2.86 bits per heavy atom. The van der Waals surface area contributed by atoms with E-state index in [0.717, 1.165) is 29.7 Å². The molecule has 1 heterocycles. The first-order valence-corrected chi connectivity index (χ1v) is 5.10. The molecule has 0 aliphatic carbocycles. The lowest BCUT2D eigenvalue weighted by Gasteiger charge is -2.11. The zero-order valence-corrected chi connectivity index (χ0v) is 8.92. The Morgan fingerprint density at radius 1 is 1.57 bits per heavy atom. The molecule has 0 saturated carbocycles. The third-order valence-electron chi connectivity index (χ3n) is 2.44. The van der Waals surface area contributed by atoms with Crippen molar-refractivity contribution in [3.63, 3.8) is 0 Å².